The Morgan fingerprint density at radius 3 is 2.31 bits per heavy atom. The second-order valence-electron chi connectivity index (χ2n) is 6.37. The predicted octanol–water partition coefficient (Wildman–Crippen LogP) is 3.27. The molecule has 0 unspecified atom stereocenters. The van der Waals surface area contributed by atoms with E-state index in [1.54, 1.807) is 30.2 Å². The number of aromatic nitrogens is 3. The highest BCUT2D eigenvalue weighted by Gasteiger charge is 2.26. The Morgan fingerprint density at radius 2 is 1.73 bits per heavy atom. The molecule has 136 valence electrons. The van der Waals surface area contributed by atoms with Crippen molar-refractivity contribution in [1.82, 2.24) is 19.1 Å². The highest BCUT2D eigenvalue weighted by atomic mass is 32.2. The van der Waals surface area contributed by atoms with E-state index in [2.05, 4.69) is 10.1 Å². The molecule has 0 fully saturated rings. The zero-order valence-electron chi connectivity index (χ0n) is 15.3. The SMILES string of the molecule is Cc1ccc(S(=O)(=O)N(C)[C@@H](C)c2ccc(-n3cncn3)cc2)cc1C. The summed E-state index contributed by atoms with van der Waals surface area (Å²) in [5.74, 6) is 0. The molecule has 6 nitrogen and oxygen atoms in total. The Balaban J connectivity index is 1.86. The van der Waals surface area contributed by atoms with Crippen LogP contribution in [-0.4, -0.2) is 34.5 Å². The van der Waals surface area contributed by atoms with Gasteiger partial charge in [-0.2, -0.15) is 9.40 Å². The van der Waals surface area contributed by atoms with Crippen LogP contribution in [0.3, 0.4) is 0 Å². The molecular weight excluding hydrogens is 348 g/mol. The summed E-state index contributed by atoms with van der Waals surface area (Å²) in [6, 6.07) is 12.5. The first-order valence-corrected chi connectivity index (χ1v) is 9.75. The van der Waals surface area contributed by atoms with E-state index < -0.39 is 10.0 Å². The third-order valence-corrected chi connectivity index (χ3v) is 6.68. The average molecular weight is 370 g/mol. The van der Waals surface area contributed by atoms with E-state index in [1.807, 2.05) is 51.1 Å². The molecule has 1 atom stereocenters. The summed E-state index contributed by atoms with van der Waals surface area (Å²) in [4.78, 5) is 4.24. The molecule has 0 amide bonds. The molecule has 0 saturated heterocycles. The van der Waals surface area contributed by atoms with Gasteiger partial charge in [-0.05, 0) is 61.7 Å². The van der Waals surface area contributed by atoms with E-state index in [1.165, 1.54) is 10.6 Å². The third kappa shape index (κ3) is 3.40. The number of hydrogen-bond acceptors (Lipinski definition) is 4. The van der Waals surface area contributed by atoms with Gasteiger partial charge in [-0.3, -0.25) is 0 Å². The highest BCUT2D eigenvalue weighted by Crippen LogP contribution is 2.27. The van der Waals surface area contributed by atoms with E-state index >= 15 is 0 Å². The maximum Gasteiger partial charge on any atom is 0.243 e. The lowest BCUT2D eigenvalue weighted by molar-refractivity contribution is 0.398. The number of benzene rings is 2. The van der Waals surface area contributed by atoms with Gasteiger partial charge < -0.3 is 0 Å². The Labute approximate surface area is 154 Å². The molecular formula is C19H22N4O2S. The van der Waals surface area contributed by atoms with Crippen molar-refractivity contribution in [3.05, 3.63) is 71.8 Å². The van der Waals surface area contributed by atoms with Crippen molar-refractivity contribution in [2.24, 2.45) is 0 Å². The lowest BCUT2D eigenvalue weighted by atomic mass is 10.1. The number of aryl methyl sites for hydroxylation is 2. The molecule has 26 heavy (non-hydrogen) atoms. The van der Waals surface area contributed by atoms with E-state index in [0.29, 0.717) is 4.90 Å². The maximum atomic E-state index is 13.0. The summed E-state index contributed by atoms with van der Waals surface area (Å²) in [5, 5.41) is 4.09. The summed E-state index contributed by atoms with van der Waals surface area (Å²) < 4.78 is 29.0. The fourth-order valence-electron chi connectivity index (χ4n) is 2.71. The first kappa shape index (κ1) is 18.3. The third-order valence-electron chi connectivity index (χ3n) is 4.76. The molecule has 0 aliphatic heterocycles. The van der Waals surface area contributed by atoms with Crippen LogP contribution in [0.25, 0.3) is 5.69 Å². The minimum absolute atomic E-state index is 0.300. The predicted molar refractivity (Wildman–Crippen MR) is 101 cm³/mol. The molecule has 0 bridgehead atoms. The van der Waals surface area contributed by atoms with Crippen LogP contribution in [0, 0.1) is 13.8 Å². The van der Waals surface area contributed by atoms with Crippen LogP contribution in [-0.2, 0) is 10.0 Å². The van der Waals surface area contributed by atoms with Crippen LogP contribution in [0.5, 0.6) is 0 Å². The molecule has 3 aromatic rings. The van der Waals surface area contributed by atoms with Crippen molar-refractivity contribution in [2.45, 2.75) is 31.7 Å². The van der Waals surface area contributed by atoms with Crippen molar-refractivity contribution >= 4 is 10.0 Å². The number of sulfonamides is 1. The van der Waals surface area contributed by atoms with Crippen LogP contribution in [0.1, 0.15) is 29.7 Å². The normalized spacial score (nSPS) is 13.1. The summed E-state index contributed by atoms with van der Waals surface area (Å²) in [5.41, 5.74) is 3.81. The van der Waals surface area contributed by atoms with Crippen LogP contribution in [0.2, 0.25) is 0 Å². The van der Waals surface area contributed by atoms with E-state index in [9.17, 15) is 8.42 Å². The van der Waals surface area contributed by atoms with Crippen molar-refractivity contribution in [2.75, 3.05) is 7.05 Å². The van der Waals surface area contributed by atoms with E-state index in [0.717, 1.165) is 22.4 Å². The largest absolute Gasteiger partial charge is 0.243 e. The highest BCUT2D eigenvalue weighted by molar-refractivity contribution is 7.89. The van der Waals surface area contributed by atoms with Crippen molar-refractivity contribution in [1.29, 1.82) is 0 Å². The number of nitrogens with zero attached hydrogens (tertiary/aromatic N) is 4. The molecule has 0 spiro atoms. The molecule has 0 N–H and O–H groups in total. The Bertz CT molecular complexity index is 997. The fourth-order valence-corrected chi connectivity index (χ4v) is 4.14. The summed E-state index contributed by atoms with van der Waals surface area (Å²) in [7, 11) is -1.96. The van der Waals surface area contributed by atoms with Crippen LogP contribution in [0.15, 0.2) is 60.0 Å². The monoisotopic (exact) mass is 370 g/mol. The van der Waals surface area contributed by atoms with Gasteiger partial charge in [-0.15, -0.1) is 0 Å². The molecule has 0 aliphatic carbocycles. The molecule has 0 saturated carbocycles. The van der Waals surface area contributed by atoms with Gasteiger partial charge >= 0.3 is 0 Å². The zero-order valence-corrected chi connectivity index (χ0v) is 16.1. The minimum atomic E-state index is -3.57. The second kappa shape index (κ2) is 7.01. The first-order valence-electron chi connectivity index (χ1n) is 8.31. The maximum absolute atomic E-state index is 13.0. The Kier molecular flexibility index (Phi) is 4.93. The smallest absolute Gasteiger partial charge is 0.223 e. The lowest BCUT2D eigenvalue weighted by Gasteiger charge is -2.25. The quantitative estimate of drug-likeness (QED) is 0.691. The lowest BCUT2D eigenvalue weighted by Crippen LogP contribution is -2.30. The summed E-state index contributed by atoms with van der Waals surface area (Å²) >= 11 is 0. The molecule has 0 radical (unpaired) electrons. The standard InChI is InChI=1S/C19H22N4O2S/c1-14-5-10-19(11-15(14)2)26(24,25)22(4)16(3)17-6-8-18(9-7-17)23-13-20-12-21-23/h5-13,16H,1-4H3/t16-/m0/s1. The number of rotatable bonds is 5. The van der Waals surface area contributed by atoms with E-state index in [4.69, 9.17) is 0 Å². The topological polar surface area (TPSA) is 68.1 Å². The Morgan fingerprint density at radius 1 is 1.04 bits per heavy atom. The molecule has 3 rings (SSSR count). The minimum Gasteiger partial charge on any atom is -0.223 e. The van der Waals surface area contributed by atoms with Crippen molar-refractivity contribution < 1.29 is 8.42 Å². The van der Waals surface area contributed by atoms with Crippen molar-refractivity contribution in [3.63, 3.8) is 0 Å². The van der Waals surface area contributed by atoms with E-state index in [-0.39, 0.29) is 6.04 Å². The number of hydrogen-bond donors (Lipinski definition) is 0. The second-order valence-corrected chi connectivity index (χ2v) is 8.37. The van der Waals surface area contributed by atoms with Crippen LogP contribution in [0.4, 0.5) is 0 Å². The summed E-state index contributed by atoms with van der Waals surface area (Å²) in [6.45, 7) is 5.76. The van der Waals surface area contributed by atoms with Gasteiger partial charge in [0.1, 0.15) is 12.7 Å². The van der Waals surface area contributed by atoms with Crippen LogP contribution >= 0.6 is 0 Å². The van der Waals surface area contributed by atoms with Crippen LogP contribution < -0.4 is 0 Å². The Hall–Kier alpha value is -2.51. The van der Waals surface area contributed by atoms with Gasteiger partial charge in [0.2, 0.25) is 10.0 Å². The van der Waals surface area contributed by atoms with Crippen molar-refractivity contribution in [3.8, 4) is 5.69 Å². The summed E-state index contributed by atoms with van der Waals surface area (Å²) in [6.07, 6.45) is 3.09. The van der Waals surface area contributed by atoms with Gasteiger partial charge in [0.25, 0.3) is 0 Å². The fraction of sp³-hybridized carbons (Fsp3) is 0.263. The van der Waals surface area contributed by atoms with Gasteiger partial charge in [0, 0.05) is 13.1 Å². The molecule has 0 aliphatic rings. The van der Waals surface area contributed by atoms with Gasteiger partial charge in [-0.25, -0.2) is 18.1 Å². The van der Waals surface area contributed by atoms with Gasteiger partial charge in [0.05, 0.1) is 10.6 Å². The molecule has 2 aromatic carbocycles. The molecule has 1 heterocycles. The van der Waals surface area contributed by atoms with Gasteiger partial charge in [-0.1, -0.05) is 18.2 Å². The first-order chi connectivity index (χ1) is 12.3. The van der Waals surface area contributed by atoms with Gasteiger partial charge in [0.15, 0.2) is 0 Å². The average Bonchev–Trinajstić information content (AvgIpc) is 3.17. The molecule has 1 aromatic heterocycles. The zero-order chi connectivity index (χ0) is 18.9. The molecule has 7 heteroatoms.